The number of hydrogen-bond donors (Lipinski definition) is 1. The molecule has 0 aromatic rings. The Hall–Kier alpha value is -0.170. The zero-order valence-corrected chi connectivity index (χ0v) is 13.0. The van der Waals surface area contributed by atoms with Gasteiger partial charge in [-0.2, -0.15) is 0 Å². The molecule has 0 radical (unpaired) electrons. The summed E-state index contributed by atoms with van der Waals surface area (Å²) in [6.07, 6.45) is 0.704. The molecule has 5 nitrogen and oxygen atoms in total. The van der Waals surface area contributed by atoms with E-state index in [4.69, 9.17) is 5.73 Å². The van der Waals surface area contributed by atoms with Crippen LogP contribution < -0.4 is 5.73 Å². The predicted molar refractivity (Wildman–Crippen MR) is 77.9 cm³/mol. The number of nitrogens with two attached hydrogens (primary N) is 1. The van der Waals surface area contributed by atoms with E-state index < -0.39 is 9.84 Å². The van der Waals surface area contributed by atoms with Crippen LogP contribution in [-0.2, 0) is 9.84 Å². The first-order chi connectivity index (χ1) is 8.87. The van der Waals surface area contributed by atoms with E-state index in [1.807, 2.05) is 0 Å². The van der Waals surface area contributed by atoms with Crippen LogP contribution in [0.2, 0.25) is 0 Å². The molecule has 6 heteroatoms. The number of piperazine rings is 1. The predicted octanol–water partition coefficient (Wildman–Crippen LogP) is -0.224. The average Bonchev–Trinajstić information content (AvgIpc) is 2.66. The molecular weight excluding hydrogens is 262 g/mol. The Balaban J connectivity index is 1.96. The molecule has 0 aromatic carbocycles. The lowest BCUT2D eigenvalue weighted by molar-refractivity contribution is 0.0463. The summed E-state index contributed by atoms with van der Waals surface area (Å²) < 4.78 is 23.5. The van der Waals surface area contributed by atoms with Gasteiger partial charge in [-0.1, -0.05) is 13.8 Å². The molecule has 1 atom stereocenters. The zero-order valence-electron chi connectivity index (χ0n) is 12.1. The van der Waals surface area contributed by atoms with Crippen LogP contribution in [0.25, 0.3) is 0 Å². The molecule has 2 heterocycles. The molecule has 19 heavy (non-hydrogen) atoms. The molecule has 2 saturated heterocycles. The van der Waals surface area contributed by atoms with Crippen molar-refractivity contribution in [3.05, 3.63) is 0 Å². The van der Waals surface area contributed by atoms with E-state index in [1.165, 1.54) is 0 Å². The van der Waals surface area contributed by atoms with Gasteiger partial charge in [0.05, 0.1) is 11.5 Å². The minimum atomic E-state index is -2.88. The first-order valence-electron chi connectivity index (χ1n) is 7.25. The highest BCUT2D eigenvalue weighted by atomic mass is 32.2. The van der Waals surface area contributed by atoms with E-state index in [9.17, 15) is 8.42 Å². The van der Waals surface area contributed by atoms with E-state index in [-0.39, 0.29) is 11.3 Å². The standard InChI is InChI=1S/C13H27N3O2S/c1-12(2)9-15-4-6-16(7-5-15)13(10-14)3-8-19(17,18)11-13/h12H,3-11,14H2,1-2H3. The van der Waals surface area contributed by atoms with E-state index in [0.717, 1.165) is 32.7 Å². The van der Waals surface area contributed by atoms with E-state index in [0.29, 0.717) is 24.6 Å². The fourth-order valence-electron chi connectivity index (χ4n) is 3.36. The van der Waals surface area contributed by atoms with Crippen LogP contribution in [0.1, 0.15) is 20.3 Å². The summed E-state index contributed by atoms with van der Waals surface area (Å²) in [6.45, 7) is 9.99. The summed E-state index contributed by atoms with van der Waals surface area (Å²) in [5, 5.41) is 0. The number of nitrogens with zero attached hydrogens (tertiary/aromatic N) is 2. The number of sulfone groups is 1. The van der Waals surface area contributed by atoms with Crippen LogP contribution in [0.15, 0.2) is 0 Å². The van der Waals surface area contributed by atoms with Crippen molar-refractivity contribution in [1.29, 1.82) is 0 Å². The van der Waals surface area contributed by atoms with Crippen molar-refractivity contribution in [3.63, 3.8) is 0 Å². The Bertz CT molecular complexity index is 402. The molecule has 1 unspecified atom stereocenters. The molecule has 2 fully saturated rings. The lowest BCUT2D eigenvalue weighted by Crippen LogP contribution is -2.61. The van der Waals surface area contributed by atoms with Crippen LogP contribution in [0.5, 0.6) is 0 Å². The van der Waals surface area contributed by atoms with Crippen LogP contribution in [0, 0.1) is 5.92 Å². The maximum absolute atomic E-state index is 11.8. The summed E-state index contributed by atoms with van der Waals surface area (Å²) in [4.78, 5) is 4.79. The third-order valence-electron chi connectivity index (χ3n) is 4.41. The topological polar surface area (TPSA) is 66.6 Å². The second kappa shape index (κ2) is 5.68. The fourth-order valence-corrected chi connectivity index (χ4v) is 5.46. The Morgan fingerprint density at radius 1 is 1.21 bits per heavy atom. The average molecular weight is 289 g/mol. The highest BCUT2D eigenvalue weighted by molar-refractivity contribution is 7.91. The summed E-state index contributed by atoms with van der Waals surface area (Å²) >= 11 is 0. The van der Waals surface area contributed by atoms with Crippen molar-refractivity contribution < 1.29 is 8.42 Å². The smallest absolute Gasteiger partial charge is 0.152 e. The zero-order chi connectivity index (χ0) is 14.1. The molecule has 2 rings (SSSR count). The third kappa shape index (κ3) is 3.48. The van der Waals surface area contributed by atoms with Crippen molar-refractivity contribution in [1.82, 2.24) is 9.80 Å². The number of rotatable bonds is 4. The van der Waals surface area contributed by atoms with Gasteiger partial charge in [0.1, 0.15) is 0 Å². The number of hydrogen-bond acceptors (Lipinski definition) is 5. The first kappa shape index (κ1) is 15.2. The molecule has 0 saturated carbocycles. The monoisotopic (exact) mass is 289 g/mol. The Kier molecular flexibility index (Phi) is 4.55. The summed E-state index contributed by atoms with van der Waals surface area (Å²) in [5.41, 5.74) is 5.63. The van der Waals surface area contributed by atoms with Gasteiger partial charge in [0.15, 0.2) is 9.84 Å². The summed E-state index contributed by atoms with van der Waals surface area (Å²) in [6, 6.07) is 0. The molecule has 2 aliphatic heterocycles. The quantitative estimate of drug-likeness (QED) is 0.775. The third-order valence-corrected chi connectivity index (χ3v) is 6.22. The molecule has 2 N–H and O–H groups in total. The van der Waals surface area contributed by atoms with Gasteiger partial charge in [-0.25, -0.2) is 8.42 Å². The van der Waals surface area contributed by atoms with Crippen LogP contribution in [0.3, 0.4) is 0 Å². The van der Waals surface area contributed by atoms with Crippen molar-refractivity contribution >= 4 is 9.84 Å². The Morgan fingerprint density at radius 2 is 1.84 bits per heavy atom. The maximum atomic E-state index is 11.8. The minimum absolute atomic E-state index is 0.251. The SMILES string of the molecule is CC(C)CN1CCN(C2(CN)CCS(=O)(=O)C2)CC1. The van der Waals surface area contributed by atoms with Crippen molar-refractivity contribution in [3.8, 4) is 0 Å². The molecule has 0 aliphatic carbocycles. The van der Waals surface area contributed by atoms with Gasteiger partial charge >= 0.3 is 0 Å². The van der Waals surface area contributed by atoms with E-state index in [1.54, 1.807) is 0 Å². The fraction of sp³-hybridized carbons (Fsp3) is 1.00. The van der Waals surface area contributed by atoms with Crippen LogP contribution in [0.4, 0.5) is 0 Å². The molecule has 112 valence electrons. The molecular formula is C13H27N3O2S. The van der Waals surface area contributed by atoms with Gasteiger partial charge in [-0.15, -0.1) is 0 Å². The second-order valence-corrected chi connectivity index (χ2v) is 8.64. The minimum Gasteiger partial charge on any atom is -0.329 e. The van der Waals surface area contributed by atoms with Crippen molar-refractivity contribution in [2.75, 3.05) is 50.8 Å². The Labute approximate surface area is 117 Å². The highest BCUT2D eigenvalue weighted by Gasteiger charge is 2.46. The molecule has 0 aromatic heterocycles. The van der Waals surface area contributed by atoms with Gasteiger partial charge in [-0.3, -0.25) is 4.90 Å². The normalized spacial score (nSPS) is 33.1. The van der Waals surface area contributed by atoms with Gasteiger partial charge < -0.3 is 10.6 Å². The van der Waals surface area contributed by atoms with Crippen molar-refractivity contribution in [2.45, 2.75) is 25.8 Å². The molecule has 2 aliphatic rings. The van der Waals surface area contributed by atoms with E-state index >= 15 is 0 Å². The highest BCUT2D eigenvalue weighted by Crippen LogP contribution is 2.30. The Morgan fingerprint density at radius 3 is 2.26 bits per heavy atom. The lowest BCUT2D eigenvalue weighted by Gasteiger charge is -2.45. The van der Waals surface area contributed by atoms with Gasteiger partial charge in [0.25, 0.3) is 0 Å². The van der Waals surface area contributed by atoms with Crippen LogP contribution >= 0.6 is 0 Å². The summed E-state index contributed by atoms with van der Waals surface area (Å²) in [7, 11) is -2.88. The maximum Gasteiger partial charge on any atom is 0.152 e. The lowest BCUT2D eigenvalue weighted by atomic mass is 9.95. The van der Waals surface area contributed by atoms with Crippen LogP contribution in [-0.4, -0.2) is 74.5 Å². The van der Waals surface area contributed by atoms with Gasteiger partial charge in [0.2, 0.25) is 0 Å². The second-order valence-electron chi connectivity index (χ2n) is 6.45. The van der Waals surface area contributed by atoms with Gasteiger partial charge in [0, 0.05) is 44.8 Å². The molecule has 0 amide bonds. The van der Waals surface area contributed by atoms with E-state index in [2.05, 4.69) is 23.6 Å². The first-order valence-corrected chi connectivity index (χ1v) is 9.07. The summed E-state index contributed by atoms with van der Waals surface area (Å²) in [5.74, 6) is 1.23. The van der Waals surface area contributed by atoms with Crippen molar-refractivity contribution in [2.24, 2.45) is 11.7 Å². The largest absolute Gasteiger partial charge is 0.329 e. The molecule has 0 bridgehead atoms. The molecule has 0 spiro atoms. The van der Waals surface area contributed by atoms with Gasteiger partial charge in [-0.05, 0) is 12.3 Å².